The molecular weight excluding hydrogens is 353 g/mol. The Morgan fingerprint density at radius 3 is 2.36 bits per heavy atom. The molecule has 0 bridgehead atoms. The van der Waals surface area contributed by atoms with Gasteiger partial charge >= 0.3 is 0 Å². The van der Waals surface area contributed by atoms with Crippen LogP contribution in [-0.2, 0) is 14.8 Å². The maximum absolute atomic E-state index is 12.4. The first kappa shape index (κ1) is 17.1. The quantitative estimate of drug-likeness (QED) is 0.768. The lowest BCUT2D eigenvalue weighted by molar-refractivity contribution is -0.123. The second-order valence-electron chi connectivity index (χ2n) is 5.49. The molecule has 0 N–H and O–H groups in total. The molecule has 0 unspecified atom stereocenters. The topological polar surface area (TPSA) is 80.8 Å². The van der Waals surface area contributed by atoms with Gasteiger partial charge in [-0.25, -0.2) is 12.7 Å². The SMILES string of the molecule is COc1cc(N2C(=O)C(C)(C)CS2(=O)=O)c(Cl)cc1C(=O)Cl. The van der Waals surface area contributed by atoms with Gasteiger partial charge in [-0.1, -0.05) is 11.6 Å². The number of anilines is 1. The molecule has 22 heavy (non-hydrogen) atoms. The highest BCUT2D eigenvalue weighted by Gasteiger charge is 2.50. The summed E-state index contributed by atoms with van der Waals surface area (Å²) in [5.41, 5.74) is -1.13. The fraction of sp³-hybridized carbons (Fsp3) is 0.385. The Kier molecular flexibility index (Phi) is 4.18. The summed E-state index contributed by atoms with van der Waals surface area (Å²) in [7, 11) is -2.56. The second kappa shape index (κ2) is 5.40. The lowest BCUT2D eigenvalue weighted by Crippen LogP contribution is -2.33. The van der Waals surface area contributed by atoms with Crippen molar-refractivity contribution < 1.29 is 22.7 Å². The Labute approximate surface area is 138 Å². The number of hydrogen-bond donors (Lipinski definition) is 0. The summed E-state index contributed by atoms with van der Waals surface area (Å²) in [6.45, 7) is 3.07. The predicted molar refractivity (Wildman–Crippen MR) is 83.2 cm³/mol. The van der Waals surface area contributed by atoms with E-state index in [0.29, 0.717) is 4.31 Å². The zero-order chi connectivity index (χ0) is 16.9. The maximum Gasteiger partial charge on any atom is 0.256 e. The number of methoxy groups -OCH3 is 1. The molecule has 0 radical (unpaired) electrons. The van der Waals surface area contributed by atoms with Crippen molar-refractivity contribution in [3.63, 3.8) is 0 Å². The van der Waals surface area contributed by atoms with E-state index in [1.807, 2.05) is 0 Å². The Balaban J connectivity index is 2.68. The van der Waals surface area contributed by atoms with E-state index in [9.17, 15) is 18.0 Å². The molecule has 0 aliphatic carbocycles. The van der Waals surface area contributed by atoms with E-state index in [1.165, 1.54) is 33.1 Å². The van der Waals surface area contributed by atoms with E-state index in [0.717, 1.165) is 0 Å². The molecule has 1 amide bonds. The van der Waals surface area contributed by atoms with Crippen molar-refractivity contribution in [2.75, 3.05) is 17.2 Å². The normalized spacial score (nSPS) is 19.3. The lowest BCUT2D eigenvalue weighted by Gasteiger charge is -2.20. The van der Waals surface area contributed by atoms with Crippen molar-refractivity contribution in [3.05, 3.63) is 22.7 Å². The van der Waals surface area contributed by atoms with Crippen LogP contribution in [0, 0.1) is 5.41 Å². The van der Waals surface area contributed by atoms with Gasteiger partial charge in [0.25, 0.3) is 5.24 Å². The van der Waals surface area contributed by atoms with Crippen LogP contribution in [0.1, 0.15) is 24.2 Å². The van der Waals surface area contributed by atoms with E-state index in [1.54, 1.807) is 0 Å². The van der Waals surface area contributed by atoms with Crippen LogP contribution in [0.3, 0.4) is 0 Å². The first-order valence-corrected chi connectivity index (χ1v) is 8.52. The molecule has 2 rings (SSSR count). The molecule has 0 spiro atoms. The van der Waals surface area contributed by atoms with Crippen molar-refractivity contribution in [1.29, 1.82) is 0 Å². The summed E-state index contributed by atoms with van der Waals surface area (Å²) < 4.78 is 30.2. The molecule has 1 heterocycles. The minimum absolute atomic E-state index is 0.0128. The molecule has 6 nitrogen and oxygen atoms in total. The number of sulfonamides is 1. The maximum atomic E-state index is 12.4. The average molecular weight is 366 g/mol. The van der Waals surface area contributed by atoms with Gasteiger partial charge in [-0.15, -0.1) is 0 Å². The summed E-state index contributed by atoms with van der Waals surface area (Å²) >= 11 is 11.5. The summed E-state index contributed by atoms with van der Waals surface area (Å²) in [4.78, 5) is 23.7. The van der Waals surface area contributed by atoms with Gasteiger partial charge in [0.2, 0.25) is 15.9 Å². The summed E-state index contributed by atoms with van der Waals surface area (Å²) in [5.74, 6) is -0.887. The monoisotopic (exact) mass is 365 g/mol. The highest BCUT2D eigenvalue weighted by Crippen LogP contribution is 2.41. The van der Waals surface area contributed by atoms with Crippen molar-refractivity contribution in [3.8, 4) is 5.75 Å². The fourth-order valence-corrected chi connectivity index (χ4v) is 4.82. The minimum atomic E-state index is -3.85. The van der Waals surface area contributed by atoms with E-state index in [2.05, 4.69) is 0 Å². The summed E-state index contributed by atoms with van der Waals surface area (Å²) in [6.07, 6.45) is 0. The Hall–Kier alpha value is -1.31. The van der Waals surface area contributed by atoms with Crippen LogP contribution in [-0.4, -0.2) is 32.4 Å². The number of halogens is 2. The molecule has 1 fully saturated rings. The third kappa shape index (κ3) is 2.68. The Morgan fingerprint density at radius 2 is 1.95 bits per heavy atom. The predicted octanol–water partition coefficient (Wildman–Crippen LogP) is 2.43. The van der Waals surface area contributed by atoms with Gasteiger partial charge in [-0.2, -0.15) is 0 Å². The minimum Gasteiger partial charge on any atom is -0.496 e. The van der Waals surface area contributed by atoms with E-state index < -0.39 is 26.6 Å². The average Bonchev–Trinajstić information content (AvgIpc) is 2.54. The molecule has 1 aromatic rings. The van der Waals surface area contributed by atoms with Gasteiger partial charge in [-0.3, -0.25) is 9.59 Å². The molecule has 1 aromatic carbocycles. The van der Waals surface area contributed by atoms with Crippen LogP contribution in [0.4, 0.5) is 5.69 Å². The van der Waals surface area contributed by atoms with Gasteiger partial charge in [-0.05, 0) is 31.5 Å². The molecule has 1 aliphatic rings. The number of carbonyl (C=O) groups is 2. The molecule has 1 aliphatic heterocycles. The zero-order valence-electron chi connectivity index (χ0n) is 12.0. The van der Waals surface area contributed by atoms with Crippen LogP contribution < -0.4 is 9.04 Å². The Morgan fingerprint density at radius 1 is 1.36 bits per heavy atom. The largest absolute Gasteiger partial charge is 0.496 e. The van der Waals surface area contributed by atoms with Crippen molar-refractivity contribution in [2.45, 2.75) is 13.8 Å². The van der Waals surface area contributed by atoms with E-state index in [4.69, 9.17) is 27.9 Å². The van der Waals surface area contributed by atoms with Gasteiger partial charge in [0.1, 0.15) is 5.75 Å². The first-order valence-electron chi connectivity index (χ1n) is 6.16. The number of benzene rings is 1. The van der Waals surface area contributed by atoms with E-state index in [-0.39, 0.29) is 27.8 Å². The number of hydrogen-bond acceptors (Lipinski definition) is 5. The number of ether oxygens (including phenoxy) is 1. The second-order valence-corrected chi connectivity index (χ2v) is 8.06. The fourth-order valence-electron chi connectivity index (χ4n) is 2.26. The van der Waals surface area contributed by atoms with Crippen molar-refractivity contribution >= 4 is 50.1 Å². The van der Waals surface area contributed by atoms with Gasteiger partial charge in [0.15, 0.2) is 0 Å². The number of carbonyl (C=O) groups excluding carboxylic acids is 2. The molecule has 120 valence electrons. The third-order valence-electron chi connectivity index (χ3n) is 3.28. The summed E-state index contributed by atoms with van der Waals surface area (Å²) in [6, 6.07) is 2.40. The smallest absolute Gasteiger partial charge is 0.256 e. The molecule has 0 saturated carbocycles. The lowest BCUT2D eigenvalue weighted by atomic mass is 9.95. The van der Waals surface area contributed by atoms with Crippen molar-refractivity contribution in [1.82, 2.24) is 0 Å². The van der Waals surface area contributed by atoms with Crippen LogP contribution in [0.25, 0.3) is 0 Å². The third-order valence-corrected chi connectivity index (χ3v) is 5.80. The molecule has 1 saturated heterocycles. The molecule has 9 heteroatoms. The molecule has 0 aromatic heterocycles. The number of rotatable bonds is 3. The number of nitrogens with zero attached hydrogens (tertiary/aromatic N) is 1. The van der Waals surface area contributed by atoms with Crippen LogP contribution in [0.2, 0.25) is 5.02 Å². The molecular formula is C13H13Cl2NO5S. The van der Waals surface area contributed by atoms with Crippen LogP contribution >= 0.6 is 23.2 Å². The van der Waals surface area contributed by atoms with Crippen LogP contribution in [0.15, 0.2) is 12.1 Å². The Bertz CT molecular complexity index is 773. The van der Waals surface area contributed by atoms with Crippen molar-refractivity contribution in [2.24, 2.45) is 5.41 Å². The first-order chi connectivity index (χ1) is 10.0. The highest BCUT2D eigenvalue weighted by atomic mass is 35.5. The van der Waals surface area contributed by atoms with Gasteiger partial charge in [0.05, 0.1) is 34.6 Å². The number of amides is 1. The van der Waals surface area contributed by atoms with Gasteiger partial charge < -0.3 is 4.74 Å². The van der Waals surface area contributed by atoms with Gasteiger partial charge in [0, 0.05) is 6.07 Å². The van der Waals surface area contributed by atoms with E-state index >= 15 is 0 Å². The molecule has 0 atom stereocenters. The zero-order valence-corrected chi connectivity index (χ0v) is 14.3. The standard InChI is InChI=1S/C13H13Cl2NO5S/c1-13(2)6-22(19,20)16(12(13)18)9-5-10(21-3)7(11(15)17)4-8(9)14/h4-5H,6H2,1-3H3. The summed E-state index contributed by atoms with van der Waals surface area (Å²) in [5, 5.41) is -0.888. The highest BCUT2D eigenvalue weighted by molar-refractivity contribution is 7.94. The van der Waals surface area contributed by atoms with Crippen LogP contribution in [0.5, 0.6) is 5.75 Å².